The number of rotatable bonds is 3. The van der Waals surface area contributed by atoms with E-state index in [1.54, 1.807) is 48.4 Å². The minimum Gasteiger partial charge on any atom is -0.323 e. The molecule has 96 valence electrons. The number of aryl methyl sites for hydroxylation is 1. The number of amides is 1. The van der Waals surface area contributed by atoms with Crippen molar-refractivity contribution in [3.63, 3.8) is 0 Å². The van der Waals surface area contributed by atoms with E-state index in [1.807, 2.05) is 6.07 Å². The standard InChI is InChI=1S/C13H13N5O/c1-18-8-10(7-16-18)12(15)13(19)17-11-5-3-2-4-9(11)6-14/h2-5,7-8,12H,15H2,1H3,(H,17,19). The zero-order chi connectivity index (χ0) is 13.8. The van der Waals surface area contributed by atoms with E-state index >= 15 is 0 Å². The van der Waals surface area contributed by atoms with Gasteiger partial charge in [0, 0.05) is 18.8 Å². The normalized spacial score (nSPS) is 11.6. The van der Waals surface area contributed by atoms with Crippen LogP contribution in [-0.2, 0) is 11.8 Å². The number of nitrogens with one attached hydrogen (secondary N) is 1. The lowest BCUT2D eigenvalue weighted by molar-refractivity contribution is -0.117. The lowest BCUT2D eigenvalue weighted by atomic mass is 10.1. The van der Waals surface area contributed by atoms with Gasteiger partial charge >= 0.3 is 0 Å². The molecule has 1 atom stereocenters. The third-order valence-electron chi connectivity index (χ3n) is 2.67. The molecule has 1 amide bonds. The number of nitrogens with two attached hydrogens (primary N) is 1. The zero-order valence-corrected chi connectivity index (χ0v) is 10.4. The minimum absolute atomic E-state index is 0.379. The number of nitrogens with zero attached hydrogens (tertiary/aromatic N) is 3. The van der Waals surface area contributed by atoms with Crippen LogP contribution in [-0.4, -0.2) is 15.7 Å². The molecule has 1 heterocycles. The first kappa shape index (κ1) is 12.8. The van der Waals surface area contributed by atoms with Gasteiger partial charge in [-0.2, -0.15) is 10.4 Å². The van der Waals surface area contributed by atoms with Crippen LogP contribution in [0.2, 0.25) is 0 Å². The SMILES string of the molecule is Cn1cc(C(N)C(=O)Nc2ccccc2C#N)cn1. The van der Waals surface area contributed by atoms with Crippen molar-refractivity contribution in [2.24, 2.45) is 12.8 Å². The van der Waals surface area contributed by atoms with E-state index < -0.39 is 6.04 Å². The maximum absolute atomic E-state index is 12.0. The van der Waals surface area contributed by atoms with Crippen molar-refractivity contribution in [2.45, 2.75) is 6.04 Å². The first-order valence-electron chi connectivity index (χ1n) is 5.66. The van der Waals surface area contributed by atoms with Gasteiger partial charge in [-0.1, -0.05) is 12.1 Å². The molecule has 0 saturated carbocycles. The summed E-state index contributed by atoms with van der Waals surface area (Å²) in [6.07, 6.45) is 3.22. The Labute approximate surface area is 110 Å². The average Bonchev–Trinajstić information content (AvgIpc) is 2.85. The lowest BCUT2D eigenvalue weighted by Gasteiger charge is -2.11. The smallest absolute Gasteiger partial charge is 0.246 e. The van der Waals surface area contributed by atoms with Gasteiger partial charge in [-0.15, -0.1) is 0 Å². The highest BCUT2D eigenvalue weighted by molar-refractivity contribution is 5.96. The summed E-state index contributed by atoms with van der Waals surface area (Å²) in [5.41, 5.74) is 7.31. The Balaban J connectivity index is 2.15. The fourth-order valence-corrected chi connectivity index (χ4v) is 1.65. The molecule has 2 rings (SSSR count). The van der Waals surface area contributed by atoms with Gasteiger partial charge in [-0.05, 0) is 12.1 Å². The second kappa shape index (κ2) is 5.33. The summed E-state index contributed by atoms with van der Waals surface area (Å²) in [5.74, 6) is -0.379. The number of aromatic nitrogens is 2. The van der Waals surface area contributed by atoms with Gasteiger partial charge in [0.05, 0.1) is 17.4 Å². The van der Waals surface area contributed by atoms with E-state index in [2.05, 4.69) is 10.4 Å². The molecule has 1 aromatic carbocycles. The Kier molecular flexibility index (Phi) is 3.59. The second-order valence-corrected chi connectivity index (χ2v) is 4.07. The van der Waals surface area contributed by atoms with Gasteiger partial charge in [0.2, 0.25) is 5.91 Å². The van der Waals surface area contributed by atoms with Crippen LogP contribution in [0.25, 0.3) is 0 Å². The van der Waals surface area contributed by atoms with Crippen LogP contribution in [0.4, 0.5) is 5.69 Å². The van der Waals surface area contributed by atoms with E-state index in [0.29, 0.717) is 16.8 Å². The molecule has 6 heteroatoms. The zero-order valence-electron chi connectivity index (χ0n) is 10.4. The fourth-order valence-electron chi connectivity index (χ4n) is 1.65. The summed E-state index contributed by atoms with van der Waals surface area (Å²) in [4.78, 5) is 12.0. The molecule has 0 aliphatic carbocycles. The van der Waals surface area contributed by atoms with Gasteiger partial charge in [-0.3, -0.25) is 9.48 Å². The molecule has 0 aliphatic rings. The molecule has 0 spiro atoms. The van der Waals surface area contributed by atoms with Gasteiger partial charge in [0.1, 0.15) is 12.1 Å². The molecule has 3 N–H and O–H groups in total. The molecule has 0 aliphatic heterocycles. The Morgan fingerprint density at radius 1 is 1.53 bits per heavy atom. The van der Waals surface area contributed by atoms with Crippen LogP contribution < -0.4 is 11.1 Å². The van der Waals surface area contributed by atoms with Crippen molar-refractivity contribution < 1.29 is 4.79 Å². The molecular weight excluding hydrogens is 242 g/mol. The molecule has 0 bridgehead atoms. The first-order valence-corrected chi connectivity index (χ1v) is 5.66. The maximum Gasteiger partial charge on any atom is 0.246 e. The first-order chi connectivity index (χ1) is 9.11. The van der Waals surface area contributed by atoms with Gasteiger partial charge in [0.15, 0.2) is 0 Å². The van der Waals surface area contributed by atoms with Gasteiger partial charge in [0.25, 0.3) is 0 Å². The van der Waals surface area contributed by atoms with Gasteiger partial charge in [-0.25, -0.2) is 0 Å². The summed E-state index contributed by atoms with van der Waals surface area (Å²) in [7, 11) is 1.75. The number of benzene rings is 1. The summed E-state index contributed by atoms with van der Waals surface area (Å²) in [5, 5.41) is 15.6. The average molecular weight is 255 g/mol. The topological polar surface area (TPSA) is 96.7 Å². The van der Waals surface area contributed by atoms with E-state index in [9.17, 15) is 4.79 Å². The number of anilines is 1. The van der Waals surface area contributed by atoms with Crippen molar-refractivity contribution in [3.05, 3.63) is 47.8 Å². The van der Waals surface area contributed by atoms with E-state index in [4.69, 9.17) is 11.0 Å². The Bertz CT molecular complexity index is 640. The Hall–Kier alpha value is -2.65. The Morgan fingerprint density at radius 2 is 2.26 bits per heavy atom. The number of hydrogen-bond acceptors (Lipinski definition) is 4. The summed E-state index contributed by atoms with van der Waals surface area (Å²) >= 11 is 0. The predicted octanol–water partition coefficient (Wildman–Crippen LogP) is 0.930. The van der Waals surface area contributed by atoms with Crippen molar-refractivity contribution in [1.82, 2.24) is 9.78 Å². The quantitative estimate of drug-likeness (QED) is 0.852. The molecule has 0 fully saturated rings. The van der Waals surface area contributed by atoms with Crippen LogP contribution in [0, 0.1) is 11.3 Å². The summed E-state index contributed by atoms with van der Waals surface area (Å²) in [6, 6.07) is 7.96. The summed E-state index contributed by atoms with van der Waals surface area (Å²) < 4.78 is 1.58. The number of para-hydroxylation sites is 1. The molecular formula is C13H13N5O. The van der Waals surface area contributed by atoms with Crippen molar-refractivity contribution in [3.8, 4) is 6.07 Å². The van der Waals surface area contributed by atoms with Crippen molar-refractivity contribution in [2.75, 3.05) is 5.32 Å². The molecule has 1 unspecified atom stereocenters. The maximum atomic E-state index is 12.0. The lowest BCUT2D eigenvalue weighted by Crippen LogP contribution is -2.27. The van der Waals surface area contributed by atoms with Crippen molar-refractivity contribution >= 4 is 11.6 Å². The summed E-state index contributed by atoms with van der Waals surface area (Å²) in [6.45, 7) is 0. The fraction of sp³-hybridized carbons (Fsp3) is 0.154. The number of carbonyl (C=O) groups is 1. The van der Waals surface area contributed by atoms with E-state index in [-0.39, 0.29) is 5.91 Å². The second-order valence-electron chi connectivity index (χ2n) is 4.07. The third kappa shape index (κ3) is 2.78. The molecule has 6 nitrogen and oxygen atoms in total. The van der Waals surface area contributed by atoms with E-state index in [0.717, 1.165) is 0 Å². The van der Waals surface area contributed by atoms with Crippen LogP contribution in [0.1, 0.15) is 17.2 Å². The number of hydrogen-bond donors (Lipinski definition) is 2. The molecule has 19 heavy (non-hydrogen) atoms. The molecule has 0 saturated heterocycles. The van der Waals surface area contributed by atoms with Crippen LogP contribution in [0.3, 0.4) is 0 Å². The highest BCUT2D eigenvalue weighted by atomic mass is 16.2. The molecule has 0 radical (unpaired) electrons. The van der Waals surface area contributed by atoms with E-state index in [1.165, 1.54) is 0 Å². The largest absolute Gasteiger partial charge is 0.323 e. The highest BCUT2D eigenvalue weighted by Gasteiger charge is 2.18. The molecule has 1 aromatic heterocycles. The monoisotopic (exact) mass is 255 g/mol. The number of carbonyl (C=O) groups excluding carboxylic acids is 1. The minimum atomic E-state index is -0.819. The van der Waals surface area contributed by atoms with Crippen LogP contribution >= 0.6 is 0 Å². The molecule has 2 aromatic rings. The van der Waals surface area contributed by atoms with Crippen LogP contribution in [0.15, 0.2) is 36.7 Å². The van der Waals surface area contributed by atoms with Crippen molar-refractivity contribution in [1.29, 1.82) is 5.26 Å². The van der Waals surface area contributed by atoms with Crippen LogP contribution in [0.5, 0.6) is 0 Å². The third-order valence-corrected chi connectivity index (χ3v) is 2.67. The predicted molar refractivity (Wildman–Crippen MR) is 69.9 cm³/mol. The van der Waals surface area contributed by atoms with Gasteiger partial charge < -0.3 is 11.1 Å². The number of nitriles is 1. The Morgan fingerprint density at radius 3 is 2.89 bits per heavy atom. The highest BCUT2D eigenvalue weighted by Crippen LogP contribution is 2.16.